The highest BCUT2D eigenvalue weighted by Crippen LogP contribution is 2.28. The highest BCUT2D eigenvalue weighted by Gasteiger charge is 2.19. The number of nitrogens with one attached hydrogen (secondary N) is 1. The lowest BCUT2D eigenvalue weighted by atomic mass is 10.2. The van der Waals surface area contributed by atoms with Gasteiger partial charge in [0.2, 0.25) is 5.89 Å². The third kappa shape index (κ3) is 3.59. The largest absolute Gasteiger partial charge is 0.496 e. The number of benzene rings is 1. The first kappa shape index (κ1) is 16.9. The zero-order valence-corrected chi connectivity index (χ0v) is 14.8. The van der Waals surface area contributed by atoms with Crippen LogP contribution in [0.2, 0.25) is 4.34 Å². The molecule has 0 fully saturated rings. The van der Waals surface area contributed by atoms with Gasteiger partial charge >= 0.3 is 0 Å². The lowest BCUT2D eigenvalue weighted by Crippen LogP contribution is -2.22. The summed E-state index contributed by atoms with van der Waals surface area (Å²) in [5, 5.41) is 7.77. The van der Waals surface area contributed by atoms with Gasteiger partial charge in [0.1, 0.15) is 9.96 Å². The van der Waals surface area contributed by atoms with E-state index in [1.54, 1.807) is 12.1 Å². The van der Waals surface area contributed by atoms with E-state index in [-0.39, 0.29) is 22.5 Å². The predicted molar refractivity (Wildman–Crippen MR) is 89.6 cm³/mol. The molecule has 0 aliphatic heterocycles. The zero-order valence-electron chi connectivity index (χ0n) is 12.4. The fourth-order valence-electron chi connectivity index (χ4n) is 1.93. The highest BCUT2D eigenvalue weighted by molar-refractivity contribution is 7.91. The Morgan fingerprint density at radius 2 is 2.04 bits per heavy atom. The molecule has 3 aromatic rings. The molecule has 0 saturated heterocycles. The van der Waals surface area contributed by atoms with Gasteiger partial charge in [-0.25, -0.2) is 13.1 Å². The first-order valence-electron chi connectivity index (χ1n) is 6.70. The normalized spacial score (nSPS) is 11.6. The Labute approximate surface area is 147 Å². The molecule has 1 aromatic carbocycles. The minimum Gasteiger partial charge on any atom is -0.496 e. The Bertz CT molecular complexity index is 952. The molecule has 0 saturated carbocycles. The van der Waals surface area contributed by atoms with E-state index in [1.165, 1.54) is 19.2 Å². The molecule has 126 valence electrons. The van der Waals surface area contributed by atoms with Crippen molar-refractivity contribution in [2.45, 2.75) is 10.8 Å². The molecule has 0 amide bonds. The average molecular weight is 386 g/mol. The Kier molecular flexibility index (Phi) is 4.86. The molecule has 0 aliphatic rings. The van der Waals surface area contributed by atoms with Crippen molar-refractivity contribution in [2.24, 2.45) is 0 Å². The maximum absolute atomic E-state index is 12.1. The number of nitrogens with zero attached hydrogens (tertiary/aromatic N) is 2. The summed E-state index contributed by atoms with van der Waals surface area (Å²) in [4.78, 5) is 0. The summed E-state index contributed by atoms with van der Waals surface area (Å²) in [5.74, 6) is 0.976. The Hall–Kier alpha value is -1.94. The van der Waals surface area contributed by atoms with Crippen molar-refractivity contribution in [2.75, 3.05) is 7.11 Å². The van der Waals surface area contributed by atoms with Crippen molar-refractivity contribution in [1.29, 1.82) is 0 Å². The van der Waals surface area contributed by atoms with Gasteiger partial charge in [-0.05, 0) is 24.3 Å². The molecule has 0 spiro atoms. The molecule has 1 N–H and O–H groups in total. The van der Waals surface area contributed by atoms with Crippen LogP contribution >= 0.6 is 22.9 Å². The minimum atomic E-state index is -3.67. The van der Waals surface area contributed by atoms with Gasteiger partial charge in [0.15, 0.2) is 0 Å². The third-order valence-electron chi connectivity index (χ3n) is 3.03. The minimum absolute atomic E-state index is 0.122. The van der Waals surface area contributed by atoms with Crippen LogP contribution in [0.15, 0.2) is 45.0 Å². The molecular weight excluding hydrogens is 374 g/mol. The van der Waals surface area contributed by atoms with Crippen molar-refractivity contribution in [3.05, 3.63) is 46.6 Å². The molecule has 10 heteroatoms. The first-order valence-corrected chi connectivity index (χ1v) is 9.38. The summed E-state index contributed by atoms with van der Waals surface area (Å²) in [7, 11) is -2.14. The van der Waals surface area contributed by atoms with Crippen LogP contribution in [0.5, 0.6) is 5.75 Å². The third-order valence-corrected chi connectivity index (χ3v) is 6.16. The number of halogens is 1. The SMILES string of the molecule is COc1ccccc1-c1nnc(CNS(=O)(=O)c2ccc(Cl)s2)o1. The van der Waals surface area contributed by atoms with Crippen LogP contribution in [-0.2, 0) is 16.6 Å². The summed E-state index contributed by atoms with van der Waals surface area (Å²) in [6, 6.07) is 10.1. The maximum Gasteiger partial charge on any atom is 0.251 e. The maximum atomic E-state index is 12.1. The molecule has 7 nitrogen and oxygen atoms in total. The van der Waals surface area contributed by atoms with Gasteiger partial charge < -0.3 is 9.15 Å². The summed E-state index contributed by atoms with van der Waals surface area (Å²) in [6.07, 6.45) is 0. The van der Waals surface area contributed by atoms with E-state index in [2.05, 4.69) is 14.9 Å². The number of aromatic nitrogens is 2. The highest BCUT2D eigenvalue weighted by atomic mass is 35.5. The molecule has 2 aromatic heterocycles. The summed E-state index contributed by atoms with van der Waals surface area (Å²) >= 11 is 6.73. The summed E-state index contributed by atoms with van der Waals surface area (Å²) in [6.45, 7) is -0.125. The second-order valence-corrected chi connectivity index (χ2v) is 8.29. The van der Waals surface area contributed by atoms with Crippen LogP contribution < -0.4 is 9.46 Å². The van der Waals surface area contributed by atoms with Crippen LogP contribution in [0.1, 0.15) is 5.89 Å². The fourth-order valence-corrected chi connectivity index (χ4v) is 4.43. The molecule has 0 unspecified atom stereocenters. The van der Waals surface area contributed by atoms with Gasteiger partial charge in [-0.3, -0.25) is 0 Å². The van der Waals surface area contributed by atoms with E-state index in [1.807, 2.05) is 12.1 Å². The van der Waals surface area contributed by atoms with Crippen LogP contribution in [0.4, 0.5) is 0 Å². The number of hydrogen-bond donors (Lipinski definition) is 1. The van der Waals surface area contributed by atoms with E-state index in [0.717, 1.165) is 11.3 Å². The van der Waals surface area contributed by atoms with Gasteiger partial charge in [-0.1, -0.05) is 23.7 Å². The molecule has 24 heavy (non-hydrogen) atoms. The van der Waals surface area contributed by atoms with Crippen LogP contribution in [0, 0.1) is 0 Å². The van der Waals surface area contributed by atoms with Gasteiger partial charge in [-0.2, -0.15) is 0 Å². The number of rotatable bonds is 6. The van der Waals surface area contributed by atoms with E-state index < -0.39 is 10.0 Å². The number of hydrogen-bond acceptors (Lipinski definition) is 7. The van der Waals surface area contributed by atoms with Gasteiger partial charge in [0, 0.05) is 0 Å². The van der Waals surface area contributed by atoms with Gasteiger partial charge in [0.25, 0.3) is 15.9 Å². The number of methoxy groups -OCH3 is 1. The van der Waals surface area contributed by atoms with Crippen molar-refractivity contribution in [3.8, 4) is 17.2 Å². The Balaban J connectivity index is 1.75. The molecule has 2 heterocycles. The van der Waals surface area contributed by atoms with Crippen molar-refractivity contribution in [3.63, 3.8) is 0 Å². The predicted octanol–water partition coefficient (Wildman–Crippen LogP) is 2.94. The second-order valence-electron chi connectivity index (χ2n) is 4.58. The van der Waals surface area contributed by atoms with Crippen molar-refractivity contribution >= 4 is 33.0 Å². The molecule has 0 radical (unpaired) electrons. The van der Waals surface area contributed by atoms with Gasteiger partial charge in [0.05, 0.1) is 23.6 Å². The van der Waals surface area contributed by atoms with Crippen molar-refractivity contribution in [1.82, 2.24) is 14.9 Å². The molecular formula is C14H12ClN3O4S2. The quantitative estimate of drug-likeness (QED) is 0.701. The van der Waals surface area contributed by atoms with Crippen LogP contribution in [-0.4, -0.2) is 25.7 Å². The van der Waals surface area contributed by atoms with E-state index in [0.29, 0.717) is 15.6 Å². The zero-order chi connectivity index (χ0) is 17.2. The standard InChI is InChI=1S/C14H12ClN3O4S2/c1-21-10-5-3-2-4-9(10)14-18-17-12(22-14)8-16-24(19,20)13-7-6-11(15)23-13/h2-7,16H,8H2,1H3. The van der Waals surface area contributed by atoms with E-state index >= 15 is 0 Å². The summed E-state index contributed by atoms with van der Waals surface area (Å²) < 4.78 is 37.9. The monoisotopic (exact) mass is 385 g/mol. The topological polar surface area (TPSA) is 94.3 Å². The fraction of sp³-hybridized carbons (Fsp3) is 0.143. The smallest absolute Gasteiger partial charge is 0.251 e. The second kappa shape index (κ2) is 6.89. The number of para-hydroxylation sites is 1. The molecule has 0 bridgehead atoms. The van der Waals surface area contributed by atoms with Crippen LogP contribution in [0.3, 0.4) is 0 Å². The molecule has 0 atom stereocenters. The van der Waals surface area contributed by atoms with Crippen LogP contribution in [0.25, 0.3) is 11.5 Å². The lowest BCUT2D eigenvalue weighted by Gasteiger charge is -2.03. The molecule has 3 rings (SSSR count). The first-order chi connectivity index (χ1) is 11.5. The lowest BCUT2D eigenvalue weighted by molar-refractivity contribution is 0.413. The number of sulfonamides is 1. The van der Waals surface area contributed by atoms with E-state index in [4.69, 9.17) is 20.8 Å². The van der Waals surface area contributed by atoms with E-state index in [9.17, 15) is 8.42 Å². The Morgan fingerprint density at radius 3 is 2.75 bits per heavy atom. The van der Waals surface area contributed by atoms with Gasteiger partial charge in [-0.15, -0.1) is 21.5 Å². The number of ether oxygens (including phenoxy) is 1. The molecule has 0 aliphatic carbocycles. The van der Waals surface area contributed by atoms with Crippen molar-refractivity contribution < 1.29 is 17.6 Å². The average Bonchev–Trinajstić information content (AvgIpc) is 3.22. The Morgan fingerprint density at radius 1 is 1.25 bits per heavy atom. The summed E-state index contributed by atoms with van der Waals surface area (Å²) in [5.41, 5.74) is 0.631. The number of thiophene rings is 1.